The van der Waals surface area contributed by atoms with E-state index in [0.29, 0.717) is 6.92 Å². The van der Waals surface area contributed by atoms with Gasteiger partial charge < -0.3 is 10.8 Å². The van der Waals surface area contributed by atoms with E-state index in [0.717, 1.165) is 6.92 Å². The molecule has 2 atom stereocenters. The van der Waals surface area contributed by atoms with Crippen LogP contribution < -0.4 is 11.1 Å². The number of aliphatic carboxylic acids is 1. The van der Waals surface area contributed by atoms with Crippen molar-refractivity contribution < 1.29 is 27.9 Å². The van der Waals surface area contributed by atoms with Crippen LogP contribution in [0.4, 0.5) is 13.2 Å². The van der Waals surface area contributed by atoms with E-state index >= 15 is 0 Å². The number of hydrogen-bond acceptors (Lipinski definition) is 3. The Kier molecular flexibility index (Phi) is 3.70. The van der Waals surface area contributed by atoms with E-state index in [-0.39, 0.29) is 0 Å². The lowest BCUT2D eigenvalue weighted by molar-refractivity contribution is -0.207. The maximum atomic E-state index is 12.4. The molecule has 0 saturated heterocycles. The number of nitrogens with one attached hydrogen (secondary N) is 1. The van der Waals surface area contributed by atoms with E-state index in [1.165, 1.54) is 0 Å². The highest BCUT2D eigenvalue weighted by Crippen LogP contribution is 2.30. The summed E-state index contributed by atoms with van der Waals surface area (Å²) in [6.07, 6.45) is -5.03. The van der Waals surface area contributed by atoms with Crippen LogP contribution in [0.15, 0.2) is 0 Å². The van der Waals surface area contributed by atoms with E-state index in [1.807, 2.05) is 0 Å². The number of amides is 1. The van der Waals surface area contributed by atoms with Crippen LogP contribution in [0.5, 0.6) is 0 Å². The maximum absolute atomic E-state index is 12.4. The molecule has 0 spiro atoms. The monoisotopic (exact) mass is 228 g/mol. The van der Waals surface area contributed by atoms with E-state index in [1.54, 1.807) is 5.32 Å². The Morgan fingerprint density at radius 3 is 2.00 bits per heavy atom. The number of halogens is 3. The Morgan fingerprint density at radius 2 is 1.80 bits per heavy atom. The fourth-order valence-corrected chi connectivity index (χ4v) is 0.769. The molecular weight excluding hydrogens is 217 g/mol. The lowest BCUT2D eigenvalue weighted by atomic mass is 10.0. The lowest BCUT2D eigenvalue weighted by Gasteiger charge is -2.30. The highest BCUT2D eigenvalue weighted by atomic mass is 19.4. The first-order chi connectivity index (χ1) is 6.52. The van der Waals surface area contributed by atoms with Crippen LogP contribution in [0.3, 0.4) is 0 Å². The van der Waals surface area contributed by atoms with Gasteiger partial charge in [0.05, 0.1) is 6.04 Å². The number of carboxylic acid groups (broad SMARTS) is 1. The number of carbonyl (C=O) groups excluding carboxylic acids is 1. The molecule has 0 radical (unpaired) electrons. The van der Waals surface area contributed by atoms with Crippen LogP contribution in [0.2, 0.25) is 0 Å². The molecule has 5 nitrogen and oxygen atoms in total. The zero-order chi connectivity index (χ0) is 12.4. The van der Waals surface area contributed by atoms with Crippen molar-refractivity contribution in [2.45, 2.75) is 31.6 Å². The predicted molar refractivity (Wildman–Crippen MR) is 43.9 cm³/mol. The van der Waals surface area contributed by atoms with Gasteiger partial charge in [0.15, 0.2) is 0 Å². The molecule has 0 aromatic heterocycles. The van der Waals surface area contributed by atoms with Crippen LogP contribution in [-0.2, 0) is 9.59 Å². The molecule has 1 amide bonds. The molecule has 88 valence electrons. The van der Waals surface area contributed by atoms with Gasteiger partial charge in [0.2, 0.25) is 11.4 Å². The summed E-state index contributed by atoms with van der Waals surface area (Å²) in [4.78, 5) is 21.0. The Balaban J connectivity index is 5.00. The highest BCUT2D eigenvalue weighted by Gasteiger charge is 2.58. The number of carboxylic acids is 1. The minimum atomic E-state index is -5.03. The Morgan fingerprint density at radius 1 is 1.40 bits per heavy atom. The van der Waals surface area contributed by atoms with Crippen LogP contribution in [-0.4, -0.2) is 34.7 Å². The van der Waals surface area contributed by atoms with E-state index in [9.17, 15) is 22.8 Å². The molecule has 0 fully saturated rings. The fraction of sp³-hybridized carbons (Fsp3) is 0.714. The van der Waals surface area contributed by atoms with Crippen LogP contribution in [0.1, 0.15) is 13.8 Å². The van der Waals surface area contributed by atoms with Gasteiger partial charge >= 0.3 is 12.1 Å². The van der Waals surface area contributed by atoms with Gasteiger partial charge in [-0.25, -0.2) is 4.79 Å². The Hall–Kier alpha value is -1.31. The van der Waals surface area contributed by atoms with Crippen molar-refractivity contribution in [3.05, 3.63) is 0 Å². The molecule has 0 aliphatic heterocycles. The topological polar surface area (TPSA) is 92.4 Å². The van der Waals surface area contributed by atoms with Gasteiger partial charge in [-0.3, -0.25) is 10.1 Å². The zero-order valence-corrected chi connectivity index (χ0v) is 8.05. The molecule has 2 unspecified atom stereocenters. The van der Waals surface area contributed by atoms with Gasteiger partial charge in [-0.2, -0.15) is 13.2 Å². The van der Waals surface area contributed by atoms with Crippen molar-refractivity contribution in [1.29, 1.82) is 0 Å². The van der Waals surface area contributed by atoms with Gasteiger partial charge in [0, 0.05) is 0 Å². The second kappa shape index (κ2) is 4.05. The number of rotatable bonds is 4. The summed E-state index contributed by atoms with van der Waals surface area (Å²) in [7, 11) is 0. The zero-order valence-electron chi connectivity index (χ0n) is 8.05. The molecule has 0 aliphatic carbocycles. The van der Waals surface area contributed by atoms with Crippen molar-refractivity contribution >= 4 is 11.9 Å². The molecule has 0 heterocycles. The standard InChI is InChI=1S/C7H11F3N2O3/c1-3(4(11)13)12-6(2,5(14)15)7(8,9)10/h3,12H,1-2H3,(H2,11,13)(H,14,15). The SMILES string of the molecule is CC(NC(C)(C(=O)O)C(F)(F)F)C(N)=O. The number of primary amides is 1. The largest absolute Gasteiger partial charge is 0.480 e. The van der Waals surface area contributed by atoms with Crippen LogP contribution in [0, 0.1) is 0 Å². The molecule has 0 rings (SSSR count). The molecule has 0 aromatic rings. The van der Waals surface area contributed by atoms with E-state index < -0.39 is 29.6 Å². The third kappa shape index (κ3) is 2.82. The van der Waals surface area contributed by atoms with Crippen molar-refractivity contribution in [2.75, 3.05) is 0 Å². The molecule has 4 N–H and O–H groups in total. The molecule has 0 aliphatic rings. The highest BCUT2D eigenvalue weighted by molar-refractivity contribution is 5.83. The normalized spacial score (nSPS) is 17.9. The molecule has 15 heavy (non-hydrogen) atoms. The first-order valence-corrected chi connectivity index (χ1v) is 3.89. The number of carbonyl (C=O) groups is 2. The number of nitrogens with two attached hydrogens (primary N) is 1. The summed E-state index contributed by atoms with van der Waals surface area (Å²) in [6, 6.07) is -1.40. The minimum absolute atomic E-state index is 0.425. The summed E-state index contributed by atoms with van der Waals surface area (Å²) in [5.74, 6) is -3.19. The van der Waals surface area contributed by atoms with Crippen LogP contribution >= 0.6 is 0 Å². The molecule has 8 heteroatoms. The van der Waals surface area contributed by atoms with Crippen molar-refractivity contribution in [3.63, 3.8) is 0 Å². The first-order valence-electron chi connectivity index (χ1n) is 3.89. The third-order valence-corrected chi connectivity index (χ3v) is 1.93. The van der Waals surface area contributed by atoms with Gasteiger partial charge in [-0.1, -0.05) is 0 Å². The average Bonchev–Trinajstić information content (AvgIpc) is 2.01. The minimum Gasteiger partial charge on any atom is -0.480 e. The van der Waals surface area contributed by atoms with Crippen LogP contribution in [0.25, 0.3) is 0 Å². The molecule has 0 bridgehead atoms. The fourth-order valence-electron chi connectivity index (χ4n) is 0.769. The van der Waals surface area contributed by atoms with Gasteiger partial charge in [0.25, 0.3) is 0 Å². The summed E-state index contributed by atoms with van der Waals surface area (Å²) >= 11 is 0. The number of hydrogen-bond donors (Lipinski definition) is 3. The van der Waals surface area contributed by atoms with Crippen molar-refractivity contribution in [3.8, 4) is 0 Å². The number of alkyl halides is 3. The molecule has 0 saturated carbocycles. The molecular formula is C7H11F3N2O3. The first kappa shape index (κ1) is 13.7. The van der Waals surface area contributed by atoms with Gasteiger partial charge in [-0.05, 0) is 13.8 Å². The van der Waals surface area contributed by atoms with Gasteiger partial charge in [0.1, 0.15) is 0 Å². The third-order valence-electron chi connectivity index (χ3n) is 1.93. The van der Waals surface area contributed by atoms with Crippen molar-refractivity contribution in [2.24, 2.45) is 5.73 Å². The summed E-state index contributed by atoms with van der Waals surface area (Å²) in [5, 5.41) is 10.1. The van der Waals surface area contributed by atoms with Crippen molar-refractivity contribution in [1.82, 2.24) is 5.32 Å². The quantitative estimate of drug-likeness (QED) is 0.624. The Labute approximate surface area is 83.4 Å². The Bertz CT molecular complexity index is 279. The maximum Gasteiger partial charge on any atom is 0.417 e. The van der Waals surface area contributed by atoms with E-state index in [2.05, 4.69) is 0 Å². The summed E-state index contributed by atoms with van der Waals surface area (Å²) in [5.41, 5.74) is 1.53. The smallest absolute Gasteiger partial charge is 0.417 e. The van der Waals surface area contributed by atoms with Gasteiger partial charge in [-0.15, -0.1) is 0 Å². The second-order valence-corrected chi connectivity index (χ2v) is 3.20. The summed E-state index contributed by atoms with van der Waals surface area (Å²) in [6.45, 7) is 1.48. The van der Waals surface area contributed by atoms with E-state index in [4.69, 9.17) is 10.8 Å². The average molecular weight is 228 g/mol. The lowest BCUT2D eigenvalue weighted by Crippen LogP contribution is -2.64. The second-order valence-electron chi connectivity index (χ2n) is 3.20. The molecule has 0 aromatic carbocycles. The predicted octanol–water partition coefficient (Wildman–Crippen LogP) is -0.145. The summed E-state index contributed by atoms with van der Waals surface area (Å²) < 4.78 is 37.2.